The number of benzene rings is 1. The van der Waals surface area contributed by atoms with Crippen molar-refractivity contribution in [3.63, 3.8) is 0 Å². The van der Waals surface area contributed by atoms with Gasteiger partial charge >= 0.3 is 11.9 Å². The van der Waals surface area contributed by atoms with Crippen LogP contribution in [0.1, 0.15) is 18.4 Å². The largest absolute Gasteiger partial charge is 0.497 e. The van der Waals surface area contributed by atoms with Crippen LogP contribution in [0.2, 0.25) is 0 Å². The smallest absolute Gasteiger partial charge is 0.414 e. The number of aliphatic carboxylic acids is 2. The van der Waals surface area contributed by atoms with Crippen molar-refractivity contribution in [3.05, 3.63) is 29.8 Å². The van der Waals surface area contributed by atoms with Gasteiger partial charge in [-0.2, -0.15) is 0 Å². The second-order valence-electron chi connectivity index (χ2n) is 4.44. The summed E-state index contributed by atoms with van der Waals surface area (Å²) in [4.78, 5) is 20.7. The molecule has 0 spiro atoms. The lowest BCUT2D eigenvalue weighted by Gasteiger charge is -2.14. The lowest BCUT2D eigenvalue weighted by molar-refractivity contribution is -0.159. The summed E-state index contributed by atoms with van der Waals surface area (Å²) in [5.74, 6) is -2.71. The summed E-state index contributed by atoms with van der Waals surface area (Å²) in [6.07, 6.45) is 2.71. The van der Waals surface area contributed by atoms with Crippen molar-refractivity contribution in [1.29, 1.82) is 0 Å². The Morgan fingerprint density at radius 1 is 1.10 bits per heavy atom. The molecule has 0 aromatic heterocycles. The van der Waals surface area contributed by atoms with E-state index in [2.05, 4.69) is 17.0 Å². The zero-order valence-electron chi connectivity index (χ0n) is 11.4. The van der Waals surface area contributed by atoms with Gasteiger partial charge in [-0.15, -0.1) is 0 Å². The molecule has 0 saturated carbocycles. The zero-order valence-corrected chi connectivity index (χ0v) is 11.4. The van der Waals surface area contributed by atoms with Crippen LogP contribution in [-0.4, -0.2) is 47.3 Å². The van der Waals surface area contributed by atoms with Crippen LogP contribution in [0.5, 0.6) is 5.75 Å². The van der Waals surface area contributed by atoms with Crippen LogP contribution in [0.4, 0.5) is 0 Å². The molecule has 2 rings (SSSR count). The molecule has 1 saturated heterocycles. The highest BCUT2D eigenvalue weighted by Crippen LogP contribution is 2.15. The van der Waals surface area contributed by atoms with Gasteiger partial charge in [0.15, 0.2) is 0 Å². The van der Waals surface area contributed by atoms with E-state index in [0.717, 1.165) is 12.3 Å². The molecule has 1 heterocycles. The van der Waals surface area contributed by atoms with Gasteiger partial charge in [-0.05, 0) is 43.6 Å². The molecular weight excluding hydrogens is 262 g/mol. The maximum atomic E-state index is 9.10. The van der Waals surface area contributed by atoms with E-state index < -0.39 is 11.9 Å². The number of hydrogen-bond donors (Lipinski definition) is 2. The Morgan fingerprint density at radius 2 is 1.60 bits per heavy atom. The van der Waals surface area contributed by atoms with Gasteiger partial charge in [0.25, 0.3) is 0 Å². The first kappa shape index (κ1) is 16.0. The number of likely N-dealkylation sites (tertiary alicyclic amines) is 1. The summed E-state index contributed by atoms with van der Waals surface area (Å²) in [6, 6.07) is 8.37. The molecule has 6 heteroatoms. The standard InChI is InChI=1S/C12H17NO.C2H2O4/c1-14-12-6-4-11(5-7-12)10-13-8-2-3-9-13;3-1(4)2(5)6/h4-7H,2-3,8-10H2,1H3;(H,3,4)(H,5,6). The van der Waals surface area contributed by atoms with Crippen LogP contribution in [0.25, 0.3) is 0 Å². The fourth-order valence-electron chi connectivity index (χ4n) is 1.93. The third-order valence-electron chi connectivity index (χ3n) is 2.95. The predicted molar refractivity (Wildman–Crippen MR) is 72.8 cm³/mol. The molecule has 0 atom stereocenters. The van der Waals surface area contributed by atoms with Crippen molar-refractivity contribution in [2.75, 3.05) is 20.2 Å². The minimum atomic E-state index is -1.82. The minimum absolute atomic E-state index is 0.940. The second kappa shape index (κ2) is 8.16. The summed E-state index contributed by atoms with van der Waals surface area (Å²) in [6.45, 7) is 3.60. The highest BCUT2D eigenvalue weighted by atomic mass is 16.5. The molecule has 1 aromatic rings. The first-order valence-electron chi connectivity index (χ1n) is 6.34. The van der Waals surface area contributed by atoms with E-state index in [9.17, 15) is 0 Å². The molecule has 110 valence electrons. The predicted octanol–water partition coefficient (Wildman–Crippen LogP) is 1.45. The third-order valence-corrected chi connectivity index (χ3v) is 2.95. The summed E-state index contributed by atoms with van der Waals surface area (Å²) in [7, 11) is 1.70. The molecule has 0 unspecified atom stereocenters. The Kier molecular flexibility index (Phi) is 6.52. The Bertz CT molecular complexity index is 425. The van der Waals surface area contributed by atoms with Gasteiger partial charge in [0, 0.05) is 6.54 Å². The van der Waals surface area contributed by atoms with Crippen LogP contribution in [0.15, 0.2) is 24.3 Å². The van der Waals surface area contributed by atoms with E-state index in [0.29, 0.717) is 0 Å². The molecule has 1 fully saturated rings. The lowest BCUT2D eigenvalue weighted by Crippen LogP contribution is -2.18. The molecule has 0 bridgehead atoms. The Hall–Kier alpha value is -2.08. The van der Waals surface area contributed by atoms with Gasteiger partial charge in [-0.3, -0.25) is 4.90 Å². The van der Waals surface area contributed by atoms with Crippen LogP contribution >= 0.6 is 0 Å². The zero-order chi connectivity index (χ0) is 15.0. The number of rotatable bonds is 3. The molecule has 2 N–H and O–H groups in total. The van der Waals surface area contributed by atoms with Gasteiger partial charge in [0.1, 0.15) is 5.75 Å². The third kappa shape index (κ3) is 5.71. The molecule has 0 radical (unpaired) electrons. The van der Waals surface area contributed by atoms with Crippen molar-refractivity contribution in [3.8, 4) is 5.75 Å². The summed E-state index contributed by atoms with van der Waals surface area (Å²) in [5.41, 5.74) is 1.38. The van der Waals surface area contributed by atoms with E-state index in [4.69, 9.17) is 24.5 Å². The maximum absolute atomic E-state index is 9.10. The topological polar surface area (TPSA) is 87.1 Å². The molecule has 0 amide bonds. The summed E-state index contributed by atoms with van der Waals surface area (Å²) < 4.78 is 5.13. The minimum Gasteiger partial charge on any atom is -0.497 e. The average molecular weight is 281 g/mol. The van der Waals surface area contributed by atoms with E-state index in [-0.39, 0.29) is 0 Å². The first-order chi connectivity index (χ1) is 9.52. The average Bonchev–Trinajstić information content (AvgIpc) is 2.93. The highest BCUT2D eigenvalue weighted by Gasteiger charge is 2.11. The highest BCUT2D eigenvalue weighted by molar-refractivity contribution is 6.27. The van der Waals surface area contributed by atoms with Crippen molar-refractivity contribution in [2.24, 2.45) is 0 Å². The van der Waals surface area contributed by atoms with Crippen LogP contribution < -0.4 is 4.74 Å². The molecule has 20 heavy (non-hydrogen) atoms. The number of hydrogen-bond acceptors (Lipinski definition) is 4. The number of carboxylic acids is 2. The van der Waals surface area contributed by atoms with Crippen LogP contribution in [0.3, 0.4) is 0 Å². The molecule has 1 aliphatic rings. The van der Waals surface area contributed by atoms with Crippen LogP contribution in [-0.2, 0) is 16.1 Å². The number of nitrogens with zero attached hydrogens (tertiary/aromatic N) is 1. The maximum Gasteiger partial charge on any atom is 0.414 e. The lowest BCUT2D eigenvalue weighted by atomic mass is 10.2. The molecule has 6 nitrogen and oxygen atoms in total. The quantitative estimate of drug-likeness (QED) is 0.815. The van der Waals surface area contributed by atoms with Crippen molar-refractivity contribution in [2.45, 2.75) is 19.4 Å². The number of ether oxygens (including phenoxy) is 1. The Labute approximate surface area is 117 Å². The van der Waals surface area contributed by atoms with Gasteiger partial charge in [-0.25, -0.2) is 9.59 Å². The molecule has 0 aliphatic carbocycles. The van der Waals surface area contributed by atoms with Crippen molar-refractivity contribution >= 4 is 11.9 Å². The van der Waals surface area contributed by atoms with E-state index in [1.165, 1.54) is 31.5 Å². The van der Waals surface area contributed by atoms with Gasteiger partial charge in [0.2, 0.25) is 0 Å². The Balaban J connectivity index is 0.000000286. The fraction of sp³-hybridized carbons (Fsp3) is 0.429. The normalized spacial score (nSPS) is 14.2. The number of methoxy groups -OCH3 is 1. The number of carboxylic acid groups (broad SMARTS) is 2. The van der Waals surface area contributed by atoms with E-state index in [1.807, 2.05) is 12.1 Å². The van der Waals surface area contributed by atoms with Crippen molar-refractivity contribution < 1.29 is 24.5 Å². The van der Waals surface area contributed by atoms with E-state index >= 15 is 0 Å². The fourth-order valence-corrected chi connectivity index (χ4v) is 1.93. The first-order valence-corrected chi connectivity index (χ1v) is 6.34. The number of carbonyl (C=O) groups is 2. The summed E-state index contributed by atoms with van der Waals surface area (Å²) in [5, 5.41) is 14.8. The Morgan fingerprint density at radius 3 is 2.00 bits per heavy atom. The molecular formula is C14H19NO5. The summed E-state index contributed by atoms with van der Waals surface area (Å²) >= 11 is 0. The second-order valence-corrected chi connectivity index (χ2v) is 4.44. The van der Waals surface area contributed by atoms with Gasteiger partial charge in [-0.1, -0.05) is 12.1 Å². The SMILES string of the molecule is COc1ccc(CN2CCCC2)cc1.O=C(O)C(=O)O. The van der Waals surface area contributed by atoms with Gasteiger partial charge in [0.05, 0.1) is 7.11 Å². The van der Waals surface area contributed by atoms with Crippen molar-refractivity contribution in [1.82, 2.24) is 4.90 Å². The van der Waals surface area contributed by atoms with Gasteiger partial charge < -0.3 is 14.9 Å². The monoisotopic (exact) mass is 281 g/mol. The molecule has 1 aliphatic heterocycles. The van der Waals surface area contributed by atoms with Crippen LogP contribution in [0, 0.1) is 0 Å². The molecule has 1 aromatic carbocycles. The van der Waals surface area contributed by atoms with E-state index in [1.54, 1.807) is 7.11 Å².